The first-order chi connectivity index (χ1) is 16.3. The molecule has 0 saturated heterocycles. The third-order valence-corrected chi connectivity index (χ3v) is 6.01. The predicted molar refractivity (Wildman–Crippen MR) is 137 cm³/mol. The van der Waals surface area contributed by atoms with Crippen molar-refractivity contribution >= 4 is 23.7 Å². The van der Waals surface area contributed by atoms with Gasteiger partial charge in [0.1, 0.15) is 5.71 Å². The molecule has 0 atom stereocenters. The molecule has 1 aromatic carbocycles. The molecule has 1 amide bonds. The maximum Gasteiger partial charge on any atom is 0.335 e. The number of oxime groups is 1. The Morgan fingerprint density at radius 1 is 1.15 bits per heavy atom. The van der Waals surface area contributed by atoms with Crippen molar-refractivity contribution in [1.29, 1.82) is 0 Å². The third-order valence-electron chi connectivity index (χ3n) is 6.01. The molecular weight excluding hydrogens is 428 g/mol. The smallest absolute Gasteiger partial charge is 0.335 e. The highest BCUT2D eigenvalue weighted by Crippen LogP contribution is 2.28. The summed E-state index contributed by atoms with van der Waals surface area (Å²) < 4.78 is 0. The molecular formula is C28H38N2O4. The van der Waals surface area contributed by atoms with E-state index >= 15 is 0 Å². The number of carbonyl (C=O) groups excluding carboxylic acids is 1. The molecule has 2 rings (SSSR count). The summed E-state index contributed by atoms with van der Waals surface area (Å²) in [5, 5.41) is 22.2. The van der Waals surface area contributed by atoms with E-state index in [0.29, 0.717) is 25.1 Å². The molecule has 1 aliphatic heterocycles. The fourth-order valence-electron chi connectivity index (χ4n) is 3.87. The Hall–Kier alpha value is -3.15. The number of allylic oxidation sites excluding steroid dienone is 4. The maximum atomic E-state index is 12.9. The lowest BCUT2D eigenvalue weighted by Gasteiger charge is -2.29. The number of hydrogen-bond donors (Lipinski definition) is 2. The molecule has 0 bridgehead atoms. The fourth-order valence-corrected chi connectivity index (χ4v) is 3.87. The standard InChI is InChI=1S/C28H38N2O4/c1-4-5-6-7-8-19-30-20-9-10-23(17-18-28(2,3)21-26(30)31)25(29-34)16-13-22-11-14-24(15-12-22)27(32)33/h9-17,34H,4-8,18-21H2,1-3H3,(H,32,33)/b10-9-,16-13+,23-17+,29-25-. The molecule has 0 aromatic heterocycles. The number of hydrogen-bond acceptors (Lipinski definition) is 4. The Bertz CT molecular complexity index is 940. The van der Waals surface area contributed by atoms with E-state index in [1.165, 1.54) is 31.4 Å². The van der Waals surface area contributed by atoms with Crippen LogP contribution in [0.3, 0.4) is 0 Å². The second-order valence-electron chi connectivity index (χ2n) is 9.61. The van der Waals surface area contributed by atoms with Crippen LogP contribution in [-0.2, 0) is 4.79 Å². The predicted octanol–water partition coefficient (Wildman–Crippen LogP) is 6.33. The fraction of sp³-hybridized carbons (Fsp3) is 0.464. The zero-order valence-corrected chi connectivity index (χ0v) is 20.7. The molecule has 34 heavy (non-hydrogen) atoms. The zero-order chi connectivity index (χ0) is 25.0. The highest BCUT2D eigenvalue weighted by molar-refractivity contribution is 6.12. The van der Waals surface area contributed by atoms with Crippen LogP contribution in [0.1, 0.15) is 81.6 Å². The maximum absolute atomic E-state index is 12.9. The molecule has 1 aromatic rings. The van der Waals surface area contributed by atoms with Gasteiger partial charge in [-0.3, -0.25) is 4.79 Å². The zero-order valence-electron chi connectivity index (χ0n) is 20.7. The van der Waals surface area contributed by atoms with Gasteiger partial charge in [-0.2, -0.15) is 0 Å². The van der Waals surface area contributed by atoms with E-state index in [0.717, 1.165) is 30.5 Å². The minimum Gasteiger partial charge on any atom is -0.478 e. The molecule has 184 valence electrons. The van der Waals surface area contributed by atoms with Gasteiger partial charge < -0.3 is 15.2 Å². The topological polar surface area (TPSA) is 90.2 Å². The van der Waals surface area contributed by atoms with E-state index in [4.69, 9.17) is 5.11 Å². The molecule has 0 fully saturated rings. The van der Waals surface area contributed by atoms with E-state index in [1.54, 1.807) is 24.3 Å². The molecule has 6 nitrogen and oxygen atoms in total. The second-order valence-corrected chi connectivity index (χ2v) is 9.61. The lowest BCUT2D eigenvalue weighted by atomic mass is 9.83. The van der Waals surface area contributed by atoms with E-state index in [2.05, 4.69) is 25.9 Å². The quantitative estimate of drug-likeness (QED) is 0.182. The number of carboxylic acid groups (broad SMARTS) is 1. The van der Waals surface area contributed by atoms with E-state index < -0.39 is 5.97 Å². The van der Waals surface area contributed by atoms with Crippen molar-refractivity contribution in [2.75, 3.05) is 13.1 Å². The molecule has 6 heteroatoms. The van der Waals surface area contributed by atoms with E-state index in [9.17, 15) is 14.8 Å². The van der Waals surface area contributed by atoms with E-state index in [-0.39, 0.29) is 16.9 Å². The van der Waals surface area contributed by atoms with Gasteiger partial charge in [0, 0.05) is 19.5 Å². The van der Waals surface area contributed by atoms with Gasteiger partial charge in [0.2, 0.25) is 5.91 Å². The molecule has 0 unspecified atom stereocenters. The Morgan fingerprint density at radius 2 is 1.85 bits per heavy atom. The number of amides is 1. The van der Waals surface area contributed by atoms with Crippen molar-refractivity contribution in [3.63, 3.8) is 0 Å². The largest absolute Gasteiger partial charge is 0.478 e. The molecule has 1 heterocycles. The van der Waals surface area contributed by atoms with Crippen molar-refractivity contribution in [1.82, 2.24) is 4.90 Å². The summed E-state index contributed by atoms with van der Waals surface area (Å²) in [4.78, 5) is 25.9. The second kappa shape index (κ2) is 13.5. The van der Waals surface area contributed by atoms with Crippen LogP contribution >= 0.6 is 0 Å². The van der Waals surface area contributed by atoms with Gasteiger partial charge in [0.05, 0.1) is 5.56 Å². The number of benzene rings is 1. The molecule has 0 saturated carbocycles. The molecule has 0 radical (unpaired) electrons. The number of carbonyl (C=O) groups is 2. The summed E-state index contributed by atoms with van der Waals surface area (Å²) in [6.45, 7) is 7.65. The van der Waals surface area contributed by atoms with Gasteiger partial charge in [-0.1, -0.05) is 88.0 Å². The Morgan fingerprint density at radius 3 is 2.50 bits per heavy atom. The molecule has 2 N–H and O–H groups in total. The van der Waals surface area contributed by atoms with Crippen molar-refractivity contribution < 1.29 is 19.9 Å². The average molecular weight is 467 g/mol. The summed E-state index contributed by atoms with van der Waals surface area (Å²) in [6, 6.07) is 6.49. The van der Waals surface area contributed by atoms with Gasteiger partial charge >= 0.3 is 5.97 Å². The van der Waals surface area contributed by atoms with Crippen molar-refractivity contribution in [3.05, 3.63) is 65.3 Å². The Balaban J connectivity index is 2.16. The van der Waals surface area contributed by atoms with Gasteiger partial charge in [0.15, 0.2) is 0 Å². The average Bonchev–Trinajstić information content (AvgIpc) is 2.80. The summed E-state index contributed by atoms with van der Waals surface area (Å²) >= 11 is 0. The Kier molecular flexibility index (Phi) is 10.8. The number of nitrogens with zero attached hydrogens (tertiary/aromatic N) is 2. The van der Waals surface area contributed by atoms with Gasteiger partial charge in [-0.15, -0.1) is 0 Å². The summed E-state index contributed by atoms with van der Waals surface area (Å²) in [6.07, 6.45) is 16.3. The van der Waals surface area contributed by atoms with Crippen LogP contribution in [0.5, 0.6) is 0 Å². The van der Waals surface area contributed by atoms with Gasteiger partial charge in [-0.05, 0) is 47.6 Å². The van der Waals surface area contributed by atoms with Crippen molar-refractivity contribution in [2.45, 2.75) is 65.7 Å². The molecule has 0 aliphatic carbocycles. The lowest BCUT2D eigenvalue weighted by Crippen LogP contribution is -2.35. The highest BCUT2D eigenvalue weighted by atomic mass is 16.4. The number of rotatable bonds is 10. The summed E-state index contributed by atoms with van der Waals surface area (Å²) in [7, 11) is 0. The number of carboxylic acids is 1. The van der Waals surface area contributed by atoms with Crippen LogP contribution in [0.2, 0.25) is 0 Å². The third kappa shape index (κ3) is 9.00. The first-order valence-electron chi connectivity index (χ1n) is 12.1. The van der Waals surface area contributed by atoms with Gasteiger partial charge in [-0.25, -0.2) is 4.79 Å². The summed E-state index contributed by atoms with van der Waals surface area (Å²) in [5.41, 5.74) is 2.00. The van der Waals surface area contributed by atoms with Crippen molar-refractivity contribution in [3.8, 4) is 0 Å². The minimum absolute atomic E-state index is 0.183. The van der Waals surface area contributed by atoms with Crippen molar-refractivity contribution in [2.24, 2.45) is 10.6 Å². The Labute approximate surface area is 203 Å². The minimum atomic E-state index is -0.971. The molecule has 1 aliphatic rings. The normalized spacial score (nSPS) is 19.6. The van der Waals surface area contributed by atoms with Gasteiger partial charge in [0.25, 0.3) is 0 Å². The first kappa shape index (κ1) is 27.1. The molecule has 0 spiro atoms. The van der Waals surface area contributed by atoms with Crippen LogP contribution < -0.4 is 0 Å². The van der Waals surface area contributed by atoms with Crippen LogP contribution in [0, 0.1) is 5.41 Å². The first-order valence-corrected chi connectivity index (χ1v) is 12.1. The van der Waals surface area contributed by atoms with Crippen LogP contribution in [0.15, 0.2) is 59.3 Å². The number of unbranched alkanes of at least 4 members (excludes halogenated alkanes) is 4. The highest BCUT2D eigenvalue weighted by Gasteiger charge is 2.25. The number of aromatic carboxylic acids is 1. The summed E-state index contributed by atoms with van der Waals surface area (Å²) in [5.74, 6) is -0.788. The monoisotopic (exact) mass is 466 g/mol. The van der Waals surface area contributed by atoms with Crippen LogP contribution in [0.4, 0.5) is 0 Å². The SMILES string of the molecule is CCCCCCCN1C\C=C/C(C(/C=C/c2ccc(C(=O)O)cc2)=N\O)=C\CC(C)(C)CC1=O. The van der Waals surface area contributed by atoms with Crippen LogP contribution in [0.25, 0.3) is 6.08 Å². The van der Waals surface area contributed by atoms with Crippen LogP contribution in [-0.4, -0.2) is 45.9 Å². The lowest BCUT2D eigenvalue weighted by molar-refractivity contribution is -0.132. The van der Waals surface area contributed by atoms with E-state index in [1.807, 2.05) is 23.1 Å².